The van der Waals surface area contributed by atoms with Crippen molar-refractivity contribution in [2.24, 2.45) is 0 Å². The monoisotopic (exact) mass is 246 g/mol. The first kappa shape index (κ1) is 11.4. The van der Waals surface area contributed by atoms with Crippen LogP contribution in [0, 0.1) is 5.82 Å². The van der Waals surface area contributed by atoms with Gasteiger partial charge in [0.25, 0.3) is 0 Å². The Bertz CT molecular complexity index is 531. The van der Waals surface area contributed by atoms with E-state index in [4.69, 9.17) is 0 Å². The zero-order valence-electron chi connectivity index (χ0n) is 9.96. The van der Waals surface area contributed by atoms with Crippen molar-refractivity contribution in [2.75, 3.05) is 0 Å². The predicted molar refractivity (Wildman–Crippen MR) is 65.6 cm³/mol. The highest BCUT2D eigenvalue weighted by atomic mass is 19.1. The molecule has 0 bridgehead atoms. The van der Waals surface area contributed by atoms with E-state index < -0.39 is 6.10 Å². The lowest BCUT2D eigenvalue weighted by Gasteiger charge is -2.13. The van der Waals surface area contributed by atoms with Crippen LogP contribution in [0.4, 0.5) is 4.39 Å². The molecule has 1 fully saturated rings. The van der Waals surface area contributed by atoms with Crippen molar-refractivity contribution in [1.82, 2.24) is 9.55 Å². The highest BCUT2D eigenvalue weighted by Crippen LogP contribution is 2.37. The van der Waals surface area contributed by atoms with Crippen LogP contribution < -0.4 is 0 Å². The van der Waals surface area contributed by atoms with Gasteiger partial charge in [-0.05, 0) is 30.5 Å². The van der Waals surface area contributed by atoms with E-state index in [1.165, 1.54) is 12.1 Å². The van der Waals surface area contributed by atoms with Gasteiger partial charge in [-0.1, -0.05) is 12.1 Å². The Balaban J connectivity index is 1.75. The first-order valence-electron chi connectivity index (χ1n) is 6.18. The lowest BCUT2D eigenvalue weighted by molar-refractivity contribution is 0.168. The van der Waals surface area contributed by atoms with E-state index in [1.807, 2.05) is 4.57 Å². The quantitative estimate of drug-likeness (QED) is 0.900. The molecule has 1 aromatic carbocycles. The van der Waals surface area contributed by atoms with Crippen LogP contribution in [0.2, 0.25) is 0 Å². The zero-order chi connectivity index (χ0) is 12.5. The molecule has 1 aliphatic carbocycles. The Labute approximate surface area is 105 Å². The number of aliphatic hydroxyl groups excluding tert-OH is 1. The van der Waals surface area contributed by atoms with Gasteiger partial charge in [-0.25, -0.2) is 9.37 Å². The minimum atomic E-state index is -0.585. The Morgan fingerprint density at radius 2 is 2.06 bits per heavy atom. The normalized spacial score (nSPS) is 16.8. The molecule has 1 atom stereocenters. The van der Waals surface area contributed by atoms with E-state index in [2.05, 4.69) is 4.98 Å². The second-order valence-electron chi connectivity index (χ2n) is 4.80. The van der Waals surface area contributed by atoms with Gasteiger partial charge in [0.15, 0.2) is 0 Å². The molecule has 0 radical (unpaired) electrons. The van der Waals surface area contributed by atoms with Crippen molar-refractivity contribution < 1.29 is 9.50 Å². The fourth-order valence-corrected chi connectivity index (χ4v) is 2.18. The maximum Gasteiger partial charge on any atom is 0.123 e. The van der Waals surface area contributed by atoms with Crippen LogP contribution in [0.25, 0.3) is 0 Å². The largest absolute Gasteiger partial charge is 0.386 e. The number of rotatable bonds is 4. The molecule has 3 rings (SSSR count). The van der Waals surface area contributed by atoms with E-state index >= 15 is 0 Å². The van der Waals surface area contributed by atoms with Gasteiger partial charge in [-0.15, -0.1) is 0 Å². The number of aliphatic hydroxyl groups is 1. The lowest BCUT2D eigenvalue weighted by atomic mass is 10.1. The predicted octanol–water partition coefficient (Wildman–Crippen LogP) is 2.63. The molecule has 0 aliphatic heterocycles. The van der Waals surface area contributed by atoms with Gasteiger partial charge in [-0.2, -0.15) is 0 Å². The van der Waals surface area contributed by atoms with E-state index in [-0.39, 0.29) is 5.82 Å². The molecule has 2 aromatic rings. The van der Waals surface area contributed by atoms with Crippen LogP contribution in [-0.2, 0) is 6.42 Å². The molecule has 3 nitrogen and oxygen atoms in total. The van der Waals surface area contributed by atoms with Gasteiger partial charge in [0.1, 0.15) is 5.82 Å². The molecular formula is C14H15FN2O. The summed E-state index contributed by atoms with van der Waals surface area (Å²) in [5.74, 6) is -0.253. The summed E-state index contributed by atoms with van der Waals surface area (Å²) in [6, 6.07) is 6.75. The zero-order valence-corrected chi connectivity index (χ0v) is 9.96. The third kappa shape index (κ3) is 2.29. The van der Waals surface area contributed by atoms with Gasteiger partial charge in [-0.3, -0.25) is 0 Å². The highest BCUT2D eigenvalue weighted by molar-refractivity contribution is 5.19. The van der Waals surface area contributed by atoms with E-state index in [9.17, 15) is 9.50 Å². The molecule has 0 spiro atoms. The second-order valence-corrected chi connectivity index (χ2v) is 4.80. The summed E-state index contributed by atoms with van der Waals surface area (Å²) in [5.41, 5.74) is 1.77. The Morgan fingerprint density at radius 1 is 1.33 bits per heavy atom. The standard InChI is InChI=1S/C14H15FN2O/c15-11-3-1-10(2-4-11)7-14(18)13-8-16-9-17(13)12-5-6-12/h1-4,8-9,12,14,18H,5-7H2. The molecule has 1 saturated carbocycles. The van der Waals surface area contributed by atoms with Gasteiger partial charge in [0.05, 0.1) is 24.3 Å². The molecule has 0 amide bonds. The van der Waals surface area contributed by atoms with Gasteiger partial charge < -0.3 is 9.67 Å². The Kier molecular flexibility index (Phi) is 2.88. The number of halogens is 1. The topological polar surface area (TPSA) is 38.1 Å². The van der Waals surface area contributed by atoms with Crippen LogP contribution in [0.3, 0.4) is 0 Å². The van der Waals surface area contributed by atoms with Crippen molar-refractivity contribution in [2.45, 2.75) is 31.4 Å². The number of hydrogen-bond donors (Lipinski definition) is 1. The van der Waals surface area contributed by atoms with Crippen LogP contribution in [0.15, 0.2) is 36.8 Å². The third-order valence-electron chi connectivity index (χ3n) is 3.32. The minimum Gasteiger partial charge on any atom is -0.386 e. The smallest absolute Gasteiger partial charge is 0.123 e. The molecule has 4 heteroatoms. The summed E-state index contributed by atoms with van der Waals surface area (Å²) >= 11 is 0. The summed E-state index contributed by atoms with van der Waals surface area (Å²) in [5, 5.41) is 10.2. The molecule has 1 aromatic heterocycles. The van der Waals surface area contributed by atoms with Crippen molar-refractivity contribution >= 4 is 0 Å². The van der Waals surface area contributed by atoms with E-state index in [1.54, 1.807) is 24.7 Å². The molecular weight excluding hydrogens is 231 g/mol. The molecule has 94 valence electrons. The number of benzene rings is 1. The van der Waals surface area contributed by atoms with Crippen molar-refractivity contribution in [3.8, 4) is 0 Å². The molecule has 18 heavy (non-hydrogen) atoms. The second kappa shape index (κ2) is 4.53. The molecule has 1 unspecified atom stereocenters. The van der Waals surface area contributed by atoms with Gasteiger partial charge in [0, 0.05) is 12.5 Å². The lowest BCUT2D eigenvalue weighted by Crippen LogP contribution is -2.08. The first-order valence-corrected chi connectivity index (χ1v) is 6.18. The van der Waals surface area contributed by atoms with Crippen LogP contribution >= 0.6 is 0 Å². The average Bonchev–Trinajstić information content (AvgIpc) is 3.09. The summed E-state index contributed by atoms with van der Waals surface area (Å²) in [4.78, 5) is 4.10. The van der Waals surface area contributed by atoms with Crippen molar-refractivity contribution in [3.63, 3.8) is 0 Å². The van der Waals surface area contributed by atoms with Crippen LogP contribution in [0.1, 0.15) is 36.2 Å². The average molecular weight is 246 g/mol. The Hall–Kier alpha value is -1.68. The number of hydrogen-bond acceptors (Lipinski definition) is 2. The van der Waals surface area contributed by atoms with E-state index in [0.717, 1.165) is 24.1 Å². The third-order valence-corrected chi connectivity index (χ3v) is 3.32. The number of aromatic nitrogens is 2. The fraction of sp³-hybridized carbons (Fsp3) is 0.357. The number of imidazole rings is 1. The Morgan fingerprint density at radius 3 is 2.72 bits per heavy atom. The molecule has 0 saturated heterocycles. The maximum absolute atomic E-state index is 12.8. The SMILES string of the molecule is OC(Cc1ccc(F)cc1)c1cncn1C1CC1. The van der Waals surface area contributed by atoms with Gasteiger partial charge >= 0.3 is 0 Å². The minimum absolute atomic E-state index is 0.253. The summed E-state index contributed by atoms with van der Waals surface area (Å²) in [6.07, 6.45) is 5.71. The van der Waals surface area contributed by atoms with Gasteiger partial charge in [0.2, 0.25) is 0 Å². The summed E-state index contributed by atoms with van der Waals surface area (Å²) in [6.45, 7) is 0. The maximum atomic E-state index is 12.8. The number of nitrogens with zero attached hydrogens (tertiary/aromatic N) is 2. The molecule has 1 heterocycles. The van der Waals surface area contributed by atoms with Crippen LogP contribution in [0.5, 0.6) is 0 Å². The van der Waals surface area contributed by atoms with E-state index in [0.29, 0.717) is 12.5 Å². The molecule has 1 N–H and O–H groups in total. The van der Waals surface area contributed by atoms with Crippen molar-refractivity contribution in [1.29, 1.82) is 0 Å². The molecule has 1 aliphatic rings. The summed E-state index contributed by atoms with van der Waals surface area (Å²) < 4.78 is 14.8. The van der Waals surface area contributed by atoms with Crippen LogP contribution in [-0.4, -0.2) is 14.7 Å². The summed E-state index contributed by atoms with van der Waals surface area (Å²) in [7, 11) is 0. The highest BCUT2D eigenvalue weighted by Gasteiger charge is 2.27. The van der Waals surface area contributed by atoms with Crippen molar-refractivity contribution in [3.05, 3.63) is 53.9 Å². The first-order chi connectivity index (χ1) is 8.74. The fourth-order valence-electron chi connectivity index (χ4n) is 2.18.